The van der Waals surface area contributed by atoms with Crippen molar-refractivity contribution in [1.29, 1.82) is 0 Å². The third-order valence-electron chi connectivity index (χ3n) is 6.58. The maximum Gasteiger partial charge on any atom is 0.257 e. The van der Waals surface area contributed by atoms with Crippen molar-refractivity contribution in [3.05, 3.63) is 78.0 Å². The van der Waals surface area contributed by atoms with Crippen molar-refractivity contribution in [2.75, 3.05) is 45.3 Å². The molecule has 0 unspecified atom stereocenters. The molecule has 2 heterocycles. The molecule has 7 heteroatoms. The average molecular weight is 486 g/mol. The minimum Gasteiger partial charge on any atom is -0.496 e. The topological polar surface area (TPSA) is 86.6 Å². The number of hydrogen-bond acceptors (Lipinski definition) is 5. The molecule has 36 heavy (non-hydrogen) atoms. The number of nitrogens with zero attached hydrogens (tertiary/aromatic N) is 2. The van der Waals surface area contributed by atoms with Crippen molar-refractivity contribution in [2.45, 2.75) is 19.5 Å². The maximum absolute atomic E-state index is 13.6. The Morgan fingerprint density at radius 3 is 2.61 bits per heavy atom. The lowest BCUT2D eigenvalue weighted by atomic mass is 9.94. The highest BCUT2D eigenvalue weighted by Crippen LogP contribution is 2.38. The summed E-state index contributed by atoms with van der Waals surface area (Å²) in [6.07, 6.45) is 5.66. The fraction of sp³-hybridized carbons (Fsp3) is 0.276. The van der Waals surface area contributed by atoms with E-state index < -0.39 is 5.66 Å². The number of nitrogens with two attached hydrogens (primary N) is 1. The number of likely N-dealkylation sites (N-methyl/N-ethyl adjacent to an activating group) is 1. The predicted molar refractivity (Wildman–Crippen MR) is 149 cm³/mol. The van der Waals surface area contributed by atoms with Crippen LogP contribution in [0.3, 0.4) is 0 Å². The number of anilines is 2. The van der Waals surface area contributed by atoms with Gasteiger partial charge in [0.15, 0.2) is 0 Å². The van der Waals surface area contributed by atoms with E-state index in [9.17, 15) is 4.79 Å². The van der Waals surface area contributed by atoms with E-state index in [1.807, 2.05) is 87.6 Å². The van der Waals surface area contributed by atoms with Crippen LogP contribution in [0.5, 0.6) is 5.75 Å². The third-order valence-corrected chi connectivity index (χ3v) is 6.58. The zero-order chi connectivity index (χ0) is 26.0. The molecule has 0 aliphatic carbocycles. The van der Waals surface area contributed by atoms with E-state index in [1.165, 1.54) is 0 Å². The van der Waals surface area contributed by atoms with E-state index >= 15 is 0 Å². The first kappa shape index (κ1) is 25.1. The monoisotopic (exact) mass is 485 g/mol. The maximum atomic E-state index is 13.6. The normalized spacial score (nSPS) is 15.0. The molecule has 0 atom stereocenters. The lowest BCUT2D eigenvalue weighted by molar-refractivity contribution is 0.0558. The van der Waals surface area contributed by atoms with Crippen LogP contribution in [-0.2, 0) is 0 Å². The average Bonchev–Trinajstić information content (AvgIpc) is 3.21. The number of methoxy groups -OCH3 is 1. The summed E-state index contributed by atoms with van der Waals surface area (Å²) in [4.78, 5) is 20.7. The SMILES string of the molecule is C=C/C(=C\c1c(-c2ccccc2OC)c[nH]c1N)c1ccc2c(c1)C(=O)N(CCN(C)C)C(C)(C)N2. The summed E-state index contributed by atoms with van der Waals surface area (Å²) in [6, 6.07) is 13.7. The number of rotatable bonds is 8. The highest BCUT2D eigenvalue weighted by molar-refractivity contribution is 6.04. The van der Waals surface area contributed by atoms with E-state index in [1.54, 1.807) is 13.2 Å². The Labute approximate surface area is 213 Å². The molecule has 1 aliphatic rings. The molecule has 1 aliphatic heterocycles. The number of fused-ring (bicyclic) bond motifs is 1. The van der Waals surface area contributed by atoms with Gasteiger partial charge in [-0.2, -0.15) is 0 Å². The van der Waals surface area contributed by atoms with E-state index in [0.29, 0.717) is 17.9 Å². The number of nitrogen functional groups attached to an aromatic ring is 1. The fourth-order valence-electron chi connectivity index (χ4n) is 4.60. The van der Waals surface area contributed by atoms with Crippen molar-refractivity contribution in [3.63, 3.8) is 0 Å². The van der Waals surface area contributed by atoms with Gasteiger partial charge >= 0.3 is 0 Å². The summed E-state index contributed by atoms with van der Waals surface area (Å²) in [5, 5.41) is 3.52. The van der Waals surface area contributed by atoms with Gasteiger partial charge < -0.3 is 30.6 Å². The first-order valence-corrected chi connectivity index (χ1v) is 12.0. The molecule has 1 aromatic heterocycles. The number of aromatic nitrogens is 1. The van der Waals surface area contributed by atoms with Crippen molar-refractivity contribution in [1.82, 2.24) is 14.8 Å². The smallest absolute Gasteiger partial charge is 0.257 e. The van der Waals surface area contributed by atoms with Crippen molar-refractivity contribution < 1.29 is 9.53 Å². The Hall–Kier alpha value is -3.97. The molecule has 4 N–H and O–H groups in total. The van der Waals surface area contributed by atoms with Crippen molar-refractivity contribution in [3.8, 4) is 16.9 Å². The van der Waals surface area contributed by atoms with Gasteiger partial charge in [0, 0.05) is 41.7 Å². The molecule has 0 bridgehead atoms. The third kappa shape index (κ3) is 4.75. The molecule has 188 valence electrons. The number of benzene rings is 2. The summed E-state index contributed by atoms with van der Waals surface area (Å²) in [6.45, 7) is 9.50. The Bertz CT molecular complexity index is 1320. The zero-order valence-corrected chi connectivity index (χ0v) is 21.7. The number of para-hydroxylation sites is 1. The molecule has 0 fully saturated rings. The number of ether oxygens (including phenoxy) is 1. The van der Waals surface area contributed by atoms with Gasteiger partial charge in [-0.3, -0.25) is 4.79 Å². The van der Waals surface area contributed by atoms with Crippen LogP contribution < -0.4 is 15.8 Å². The number of aromatic amines is 1. The van der Waals surface area contributed by atoms with Gasteiger partial charge in [-0.15, -0.1) is 0 Å². The van der Waals surface area contributed by atoms with Crippen LogP contribution >= 0.6 is 0 Å². The Morgan fingerprint density at radius 1 is 1.17 bits per heavy atom. The van der Waals surface area contributed by atoms with Crippen molar-refractivity contribution in [2.24, 2.45) is 0 Å². The zero-order valence-electron chi connectivity index (χ0n) is 21.7. The Morgan fingerprint density at radius 2 is 1.92 bits per heavy atom. The van der Waals surface area contributed by atoms with Gasteiger partial charge in [-0.25, -0.2) is 0 Å². The largest absolute Gasteiger partial charge is 0.496 e. The Kier molecular flexibility index (Phi) is 6.95. The Balaban J connectivity index is 1.75. The van der Waals surface area contributed by atoms with Crippen molar-refractivity contribution >= 4 is 29.1 Å². The minimum atomic E-state index is -0.484. The van der Waals surface area contributed by atoms with E-state index in [-0.39, 0.29) is 5.91 Å². The number of carbonyl (C=O) groups is 1. The molecular weight excluding hydrogens is 450 g/mol. The van der Waals surface area contributed by atoms with E-state index in [2.05, 4.69) is 21.8 Å². The highest BCUT2D eigenvalue weighted by Gasteiger charge is 2.37. The van der Waals surface area contributed by atoms with Crippen LogP contribution in [0.25, 0.3) is 22.8 Å². The van der Waals surface area contributed by atoms with Crippen LogP contribution in [0.2, 0.25) is 0 Å². The molecule has 4 rings (SSSR count). The van der Waals surface area contributed by atoms with Crippen LogP contribution in [-0.4, -0.2) is 60.6 Å². The molecule has 0 saturated carbocycles. The lowest BCUT2D eigenvalue weighted by Gasteiger charge is -2.44. The van der Waals surface area contributed by atoms with Gasteiger partial charge in [0.05, 0.1) is 12.7 Å². The molecule has 0 spiro atoms. The van der Waals surface area contributed by atoms with Gasteiger partial charge in [0.2, 0.25) is 0 Å². The van der Waals surface area contributed by atoms with Gasteiger partial charge in [-0.1, -0.05) is 36.9 Å². The molecule has 1 amide bonds. The second kappa shape index (κ2) is 9.95. The van der Waals surface area contributed by atoms with Gasteiger partial charge in [-0.05, 0) is 63.4 Å². The lowest BCUT2D eigenvalue weighted by Crippen LogP contribution is -2.57. The number of amides is 1. The predicted octanol–water partition coefficient (Wildman–Crippen LogP) is 5.16. The van der Waals surface area contributed by atoms with Gasteiger partial charge in [0.1, 0.15) is 17.2 Å². The molecule has 7 nitrogen and oxygen atoms in total. The number of H-pyrrole nitrogens is 1. The second-order valence-electron chi connectivity index (χ2n) is 9.74. The van der Waals surface area contributed by atoms with Gasteiger partial charge in [0.25, 0.3) is 5.91 Å². The number of hydrogen-bond donors (Lipinski definition) is 3. The molecule has 0 saturated heterocycles. The van der Waals surface area contributed by atoms with Crippen LogP contribution in [0.4, 0.5) is 11.5 Å². The molecule has 3 aromatic rings. The van der Waals surface area contributed by atoms with Crippen LogP contribution in [0, 0.1) is 0 Å². The first-order valence-electron chi connectivity index (χ1n) is 12.0. The summed E-state index contributed by atoms with van der Waals surface area (Å²) < 4.78 is 5.57. The fourth-order valence-corrected chi connectivity index (χ4v) is 4.60. The van der Waals surface area contributed by atoms with Crippen LogP contribution in [0.15, 0.2) is 61.3 Å². The molecule has 0 radical (unpaired) electrons. The van der Waals surface area contributed by atoms with E-state index in [4.69, 9.17) is 10.5 Å². The summed E-state index contributed by atoms with van der Waals surface area (Å²) in [7, 11) is 5.67. The standard InChI is InChI=1S/C29H35N5O2/c1-7-19(16-22-24(18-31-27(22)30)21-10-8-9-11-26(21)36-6)20-12-13-25-23(17-20)28(35)34(15-14-33(4)5)29(2,3)32-25/h7-13,16-18,31-32H,1,14-15,30H2,2-6H3/b19-16+. The molecule has 2 aromatic carbocycles. The summed E-state index contributed by atoms with van der Waals surface area (Å²) >= 11 is 0. The first-order chi connectivity index (χ1) is 17.2. The minimum absolute atomic E-state index is 0.0109. The number of carbonyl (C=O) groups excluding carboxylic acids is 1. The number of nitrogens with one attached hydrogen (secondary N) is 2. The van der Waals surface area contributed by atoms with E-state index in [0.717, 1.165) is 45.8 Å². The quantitative estimate of drug-likeness (QED) is 0.384. The molecular formula is C29H35N5O2. The van der Waals surface area contributed by atoms with Crippen LogP contribution in [0.1, 0.15) is 35.3 Å². The highest BCUT2D eigenvalue weighted by atomic mass is 16.5. The summed E-state index contributed by atoms with van der Waals surface area (Å²) in [5.74, 6) is 1.32. The second-order valence-corrected chi connectivity index (χ2v) is 9.74. The summed E-state index contributed by atoms with van der Waals surface area (Å²) in [5.41, 5.74) is 11.8. The number of allylic oxidation sites excluding steroid dienone is 2.